The minimum absolute atomic E-state index is 0.176. The molecule has 0 saturated carbocycles. The molecule has 3 rings (SSSR count). The minimum atomic E-state index is -0.935. The molecule has 0 aromatic heterocycles. The van der Waals surface area contributed by atoms with Crippen molar-refractivity contribution in [3.05, 3.63) is 102 Å². The predicted octanol–water partition coefficient (Wildman–Crippen LogP) is 7.88. The van der Waals surface area contributed by atoms with E-state index in [4.69, 9.17) is 9.84 Å². The summed E-state index contributed by atoms with van der Waals surface area (Å²) in [6.45, 7) is 14.6. The fourth-order valence-electron chi connectivity index (χ4n) is 2.85. The summed E-state index contributed by atoms with van der Waals surface area (Å²) in [5.74, 6) is -0.780. The van der Waals surface area contributed by atoms with E-state index < -0.39 is 5.97 Å². The van der Waals surface area contributed by atoms with Crippen molar-refractivity contribution < 1.29 is 23.8 Å². The summed E-state index contributed by atoms with van der Waals surface area (Å²) in [6, 6.07) is 20.3. The fourth-order valence-corrected chi connectivity index (χ4v) is 2.85. The summed E-state index contributed by atoms with van der Waals surface area (Å²) in [4.78, 5) is 19.9. The third-order valence-electron chi connectivity index (χ3n) is 4.51. The van der Waals surface area contributed by atoms with Crippen LogP contribution in [0, 0.1) is 5.82 Å². The Kier molecular flexibility index (Phi) is 12.5. The normalized spacial score (nSPS) is 9.51. The second kappa shape index (κ2) is 15.0. The maximum atomic E-state index is 14.6. The third kappa shape index (κ3) is 10.7. The number of halogens is 1. The first-order valence-electron chi connectivity index (χ1n) is 11.2. The minimum Gasteiger partial charge on any atom is -0.478 e. The van der Waals surface area contributed by atoms with Gasteiger partial charge in [0.15, 0.2) is 0 Å². The van der Waals surface area contributed by atoms with E-state index in [-0.39, 0.29) is 11.4 Å². The van der Waals surface area contributed by atoms with Crippen molar-refractivity contribution in [2.75, 3.05) is 0 Å². The molecule has 3 aromatic rings. The predicted molar refractivity (Wildman–Crippen MR) is 141 cm³/mol. The molecule has 0 atom stereocenters. The van der Waals surface area contributed by atoms with Gasteiger partial charge in [0.25, 0.3) is 6.47 Å². The largest absolute Gasteiger partial charge is 0.478 e. The molecule has 0 bridgehead atoms. The monoisotopic (exact) mass is 476 g/mol. The SMILES string of the molecule is C=C(C)C.C=C(C)C(=O)O.CCCc1ccc(-c2ccc(-c3ccc(OC=O)cc3)c(F)c2)cc1. The molecule has 0 aliphatic carbocycles. The van der Waals surface area contributed by atoms with Gasteiger partial charge in [0.2, 0.25) is 0 Å². The number of aryl methyl sites for hydroxylation is 1. The van der Waals surface area contributed by atoms with Crippen molar-refractivity contribution >= 4 is 12.4 Å². The van der Waals surface area contributed by atoms with Gasteiger partial charge in [-0.3, -0.25) is 4.79 Å². The molecule has 5 heteroatoms. The summed E-state index contributed by atoms with van der Waals surface area (Å²) < 4.78 is 19.3. The molecule has 0 aliphatic rings. The number of rotatable bonds is 7. The number of carbonyl (C=O) groups excluding carboxylic acids is 1. The van der Waals surface area contributed by atoms with Crippen LogP contribution in [-0.2, 0) is 16.0 Å². The molecular weight excluding hydrogens is 443 g/mol. The molecule has 0 amide bonds. The zero-order valence-corrected chi connectivity index (χ0v) is 20.8. The Morgan fingerprint density at radius 3 is 1.83 bits per heavy atom. The van der Waals surface area contributed by atoms with Crippen LogP contribution in [0.5, 0.6) is 5.75 Å². The maximum absolute atomic E-state index is 14.6. The second-order valence-electron chi connectivity index (χ2n) is 8.17. The van der Waals surface area contributed by atoms with Gasteiger partial charge < -0.3 is 9.84 Å². The third-order valence-corrected chi connectivity index (χ3v) is 4.51. The van der Waals surface area contributed by atoms with E-state index in [1.807, 2.05) is 32.0 Å². The number of carbonyl (C=O) groups is 2. The lowest BCUT2D eigenvalue weighted by Gasteiger charge is -2.08. The molecule has 0 spiro atoms. The number of allylic oxidation sites excluding steroid dienone is 1. The number of aliphatic carboxylic acids is 1. The van der Waals surface area contributed by atoms with Crippen LogP contribution in [0.15, 0.2) is 91.0 Å². The highest BCUT2D eigenvalue weighted by molar-refractivity contribution is 5.84. The van der Waals surface area contributed by atoms with E-state index >= 15 is 0 Å². The van der Waals surface area contributed by atoms with Crippen LogP contribution in [0.1, 0.15) is 39.7 Å². The average molecular weight is 477 g/mol. The molecule has 4 nitrogen and oxygen atoms in total. The number of benzene rings is 3. The highest BCUT2D eigenvalue weighted by Crippen LogP contribution is 2.29. The van der Waals surface area contributed by atoms with Gasteiger partial charge in [-0.15, -0.1) is 6.58 Å². The van der Waals surface area contributed by atoms with E-state index in [1.165, 1.54) is 18.1 Å². The van der Waals surface area contributed by atoms with Gasteiger partial charge in [0.05, 0.1) is 0 Å². The van der Waals surface area contributed by atoms with Crippen molar-refractivity contribution in [3.8, 4) is 28.0 Å². The molecule has 0 saturated heterocycles. The summed E-state index contributed by atoms with van der Waals surface area (Å²) in [6.07, 6.45) is 2.16. The number of hydrogen-bond donors (Lipinski definition) is 1. The van der Waals surface area contributed by atoms with Crippen LogP contribution in [-0.4, -0.2) is 17.5 Å². The first kappa shape index (κ1) is 29.0. The Labute approximate surface area is 207 Å². The fraction of sp³-hybridized carbons (Fsp3) is 0.200. The average Bonchev–Trinajstić information content (AvgIpc) is 2.81. The van der Waals surface area contributed by atoms with Crippen molar-refractivity contribution in [3.63, 3.8) is 0 Å². The molecule has 35 heavy (non-hydrogen) atoms. The van der Waals surface area contributed by atoms with Gasteiger partial charge in [-0.2, -0.15) is 0 Å². The van der Waals surface area contributed by atoms with E-state index in [9.17, 15) is 14.0 Å². The second-order valence-corrected chi connectivity index (χ2v) is 8.17. The van der Waals surface area contributed by atoms with Crippen LogP contribution in [0.4, 0.5) is 4.39 Å². The van der Waals surface area contributed by atoms with E-state index in [1.54, 1.807) is 36.4 Å². The molecule has 3 aromatic carbocycles. The van der Waals surface area contributed by atoms with Gasteiger partial charge in [-0.05, 0) is 67.6 Å². The number of hydrogen-bond acceptors (Lipinski definition) is 3. The topological polar surface area (TPSA) is 63.6 Å². The molecule has 0 aliphatic heterocycles. The summed E-state index contributed by atoms with van der Waals surface area (Å²) in [5.41, 5.74) is 5.74. The first-order chi connectivity index (χ1) is 16.6. The Morgan fingerprint density at radius 2 is 1.40 bits per heavy atom. The smallest absolute Gasteiger partial charge is 0.330 e. The van der Waals surface area contributed by atoms with Crippen molar-refractivity contribution in [1.29, 1.82) is 0 Å². The highest BCUT2D eigenvalue weighted by atomic mass is 19.1. The Morgan fingerprint density at radius 1 is 0.914 bits per heavy atom. The van der Waals surface area contributed by atoms with Gasteiger partial charge in [0, 0.05) is 11.1 Å². The van der Waals surface area contributed by atoms with E-state index in [0.717, 1.165) is 29.5 Å². The van der Waals surface area contributed by atoms with Gasteiger partial charge >= 0.3 is 5.97 Å². The van der Waals surface area contributed by atoms with Crippen LogP contribution in [0.25, 0.3) is 22.3 Å². The highest BCUT2D eigenvalue weighted by Gasteiger charge is 2.08. The van der Waals surface area contributed by atoms with Gasteiger partial charge in [-0.25, -0.2) is 9.18 Å². The lowest BCUT2D eigenvalue weighted by molar-refractivity contribution is -0.132. The number of carboxylic acid groups (broad SMARTS) is 1. The molecule has 0 fully saturated rings. The van der Waals surface area contributed by atoms with Crippen LogP contribution >= 0.6 is 0 Å². The number of ether oxygens (including phenoxy) is 1. The Bertz CT molecular complexity index is 1110. The number of carboxylic acids is 1. The quantitative estimate of drug-likeness (QED) is 0.214. The van der Waals surface area contributed by atoms with Crippen LogP contribution in [0.3, 0.4) is 0 Å². The molecule has 0 radical (unpaired) electrons. The molecule has 1 N–H and O–H groups in total. The molecule has 184 valence electrons. The molecule has 0 heterocycles. The van der Waals surface area contributed by atoms with Crippen molar-refractivity contribution in [1.82, 2.24) is 0 Å². The summed E-state index contributed by atoms with van der Waals surface area (Å²) in [5, 5.41) is 7.89. The van der Waals surface area contributed by atoms with Crippen molar-refractivity contribution in [2.45, 2.75) is 40.5 Å². The molecular formula is C30H33FO4. The van der Waals surface area contributed by atoms with Crippen LogP contribution in [0.2, 0.25) is 0 Å². The lowest BCUT2D eigenvalue weighted by atomic mass is 9.98. The van der Waals surface area contributed by atoms with Crippen molar-refractivity contribution in [2.24, 2.45) is 0 Å². The zero-order valence-electron chi connectivity index (χ0n) is 20.8. The maximum Gasteiger partial charge on any atom is 0.330 e. The Balaban J connectivity index is 0.000000520. The van der Waals surface area contributed by atoms with E-state index in [0.29, 0.717) is 17.8 Å². The lowest BCUT2D eigenvalue weighted by Crippen LogP contribution is -1.92. The standard InChI is InChI=1S/C22H19FO2.C4H6O2.C4H8/c1-2-3-16-4-6-17(7-5-16)19-10-13-21(22(23)14-19)18-8-11-20(12-9-18)25-15-24;1-3(2)4(5)6;1-4(2)3/h4-15H,2-3H2,1H3;1H2,2H3,(H,5,6);1H2,2-3H3. The molecule has 0 unspecified atom stereocenters. The summed E-state index contributed by atoms with van der Waals surface area (Å²) >= 11 is 0. The van der Waals surface area contributed by atoms with E-state index in [2.05, 4.69) is 32.2 Å². The zero-order chi connectivity index (χ0) is 26.4. The van der Waals surface area contributed by atoms with Gasteiger partial charge in [-0.1, -0.05) is 74.0 Å². The first-order valence-corrected chi connectivity index (χ1v) is 11.2. The van der Waals surface area contributed by atoms with Gasteiger partial charge in [0.1, 0.15) is 11.6 Å². The Hall–Kier alpha value is -3.99. The van der Waals surface area contributed by atoms with Crippen LogP contribution < -0.4 is 4.74 Å². The summed E-state index contributed by atoms with van der Waals surface area (Å²) in [7, 11) is 0.